The highest BCUT2D eigenvalue weighted by Gasteiger charge is 2.50. The molecule has 4 rings (SSSR count). The molecule has 1 atom stereocenters. The second kappa shape index (κ2) is 5.91. The van der Waals surface area contributed by atoms with E-state index in [0.29, 0.717) is 37.1 Å². The van der Waals surface area contributed by atoms with Crippen molar-refractivity contribution < 1.29 is 14.3 Å². The van der Waals surface area contributed by atoms with Gasteiger partial charge in [-0.15, -0.1) is 0 Å². The SMILES string of the molecule is O=C(N1CCC(O)(c2cn[nH]n2)C1)C1(c2ccccc2F)CCCC1. The summed E-state index contributed by atoms with van der Waals surface area (Å²) in [5, 5.41) is 21.0. The number of benzene rings is 1. The van der Waals surface area contributed by atoms with E-state index in [0.717, 1.165) is 12.8 Å². The minimum atomic E-state index is -1.20. The molecule has 1 aromatic carbocycles. The van der Waals surface area contributed by atoms with Crippen LogP contribution in [0.2, 0.25) is 0 Å². The van der Waals surface area contributed by atoms with Gasteiger partial charge in [-0.1, -0.05) is 31.0 Å². The molecule has 2 aromatic rings. The van der Waals surface area contributed by atoms with Crippen LogP contribution in [0.15, 0.2) is 30.5 Å². The minimum Gasteiger partial charge on any atom is -0.381 e. The maximum Gasteiger partial charge on any atom is 0.233 e. The zero-order valence-corrected chi connectivity index (χ0v) is 13.9. The molecule has 1 unspecified atom stereocenters. The van der Waals surface area contributed by atoms with E-state index in [4.69, 9.17) is 0 Å². The van der Waals surface area contributed by atoms with Gasteiger partial charge in [-0.3, -0.25) is 4.79 Å². The Labute approximate surface area is 145 Å². The third-order valence-corrected chi connectivity index (χ3v) is 5.68. The third kappa shape index (κ3) is 2.54. The number of nitrogens with one attached hydrogen (secondary N) is 1. The van der Waals surface area contributed by atoms with Crippen molar-refractivity contribution in [2.45, 2.75) is 43.1 Å². The largest absolute Gasteiger partial charge is 0.381 e. The zero-order chi connectivity index (χ0) is 17.5. The lowest BCUT2D eigenvalue weighted by Gasteiger charge is -2.33. The van der Waals surface area contributed by atoms with E-state index in [-0.39, 0.29) is 18.3 Å². The van der Waals surface area contributed by atoms with Crippen LogP contribution in [0.4, 0.5) is 4.39 Å². The van der Waals surface area contributed by atoms with Gasteiger partial charge in [0.2, 0.25) is 5.91 Å². The third-order valence-electron chi connectivity index (χ3n) is 5.68. The van der Waals surface area contributed by atoms with Crippen LogP contribution < -0.4 is 0 Å². The second-order valence-corrected chi connectivity index (χ2v) is 7.13. The molecule has 1 saturated carbocycles. The Morgan fingerprint density at radius 1 is 1.24 bits per heavy atom. The van der Waals surface area contributed by atoms with Gasteiger partial charge in [-0.25, -0.2) is 4.39 Å². The van der Waals surface area contributed by atoms with Gasteiger partial charge in [0.15, 0.2) is 0 Å². The fourth-order valence-electron chi connectivity index (χ4n) is 4.33. The summed E-state index contributed by atoms with van der Waals surface area (Å²) in [6.07, 6.45) is 4.98. The second-order valence-electron chi connectivity index (χ2n) is 7.13. The predicted octanol–water partition coefficient (Wildman–Crippen LogP) is 1.88. The van der Waals surface area contributed by atoms with Gasteiger partial charge in [-0.05, 0) is 18.9 Å². The van der Waals surface area contributed by atoms with E-state index in [2.05, 4.69) is 15.4 Å². The summed E-state index contributed by atoms with van der Waals surface area (Å²) in [6.45, 7) is 0.590. The summed E-state index contributed by atoms with van der Waals surface area (Å²) >= 11 is 0. The Hall–Kier alpha value is -2.28. The minimum absolute atomic E-state index is 0.0884. The average molecular weight is 344 g/mol. The standard InChI is InChI=1S/C18H21FN4O2/c19-14-6-2-1-5-13(14)17(7-3-4-8-17)16(24)23-10-9-18(25,12-23)15-11-20-22-21-15/h1-2,5-6,11,25H,3-4,7-10,12H2,(H,20,21,22). The van der Waals surface area contributed by atoms with Crippen molar-refractivity contribution in [3.63, 3.8) is 0 Å². The number of β-amino-alcohol motifs (C(OH)–C–C–N with tert-alkyl or cyclic N) is 1. The number of carbonyl (C=O) groups excluding carboxylic acids is 1. The van der Waals surface area contributed by atoms with Crippen LogP contribution in [-0.4, -0.2) is 44.4 Å². The monoisotopic (exact) mass is 344 g/mol. The van der Waals surface area contributed by atoms with Crippen molar-refractivity contribution in [2.75, 3.05) is 13.1 Å². The van der Waals surface area contributed by atoms with Crippen molar-refractivity contribution >= 4 is 5.91 Å². The zero-order valence-electron chi connectivity index (χ0n) is 13.9. The number of carbonyl (C=O) groups is 1. The quantitative estimate of drug-likeness (QED) is 0.891. The number of aliphatic hydroxyl groups is 1. The van der Waals surface area contributed by atoms with Gasteiger partial charge in [-0.2, -0.15) is 15.4 Å². The first-order valence-electron chi connectivity index (χ1n) is 8.68. The molecule has 0 spiro atoms. The Kier molecular flexibility index (Phi) is 3.83. The lowest BCUT2D eigenvalue weighted by molar-refractivity contribution is -0.137. The van der Waals surface area contributed by atoms with Gasteiger partial charge < -0.3 is 10.0 Å². The van der Waals surface area contributed by atoms with Crippen LogP contribution in [0.25, 0.3) is 0 Å². The summed E-state index contributed by atoms with van der Waals surface area (Å²) in [5.41, 5.74) is -1.10. The van der Waals surface area contributed by atoms with Crippen LogP contribution in [0.1, 0.15) is 43.4 Å². The summed E-state index contributed by atoms with van der Waals surface area (Å²) < 4.78 is 14.5. The normalized spacial score (nSPS) is 25.4. The van der Waals surface area contributed by atoms with E-state index in [1.165, 1.54) is 12.3 Å². The molecule has 7 heteroatoms. The van der Waals surface area contributed by atoms with Gasteiger partial charge in [0.05, 0.1) is 18.2 Å². The molecule has 1 aliphatic heterocycles. The number of aromatic nitrogens is 3. The lowest BCUT2D eigenvalue weighted by atomic mass is 9.77. The number of hydrogen-bond acceptors (Lipinski definition) is 4. The summed E-state index contributed by atoms with van der Waals surface area (Å²) in [4.78, 5) is 15.0. The fraction of sp³-hybridized carbons (Fsp3) is 0.500. The van der Waals surface area contributed by atoms with Gasteiger partial charge in [0, 0.05) is 18.5 Å². The number of nitrogens with zero attached hydrogens (tertiary/aromatic N) is 3. The Bertz CT molecular complexity index is 773. The topological polar surface area (TPSA) is 82.1 Å². The van der Waals surface area contributed by atoms with Crippen LogP contribution in [0, 0.1) is 5.82 Å². The summed E-state index contributed by atoms with van der Waals surface area (Å²) in [7, 11) is 0. The highest BCUT2D eigenvalue weighted by Crippen LogP contribution is 2.45. The maximum absolute atomic E-state index is 14.5. The van der Waals surface area contributed by atoms with Crippen molar-refractivity contribution in [2.24, 2.45) is 0 Å². The molecule has 0 radical (unpaired) electrons. The number of H-pyrrole nitrogens is 1. The van der Waals surface area contributed by atoms with E-state index in [1.54, 1.807) is 23.1 Å². The molecule has 6 nitrogen and oxygen atoms in total. The van der Waals surface area contributed by atoms with Gasteiger partial charge in [0.1, 0.15) is 17.1 Å². The maximum atomic E-state index is 14.5. The molecular formula is C18H21FN4O2. The van der Waals surface area contributed by atoms with Gasteiger partial charge >= 0.3 is 0 Å². The smallest absolute Gasteiger partial charge is 0.233 e. The molecule has 2 N–H and O–H groups in total. The van der Waals surface area contributed by atoms with Crippen molar-refractivity contribution in [3.8, 4) is 0 Å². The van der Waals surface area contributed by atoms with Crippen molar-refractivity contribution in [3.05, 3.63) is 47.5 Å². The Morgan fingerprint density at radius 3 is 2.68 bits per heavy atom. The first kappa shape index (κ1) is 16.2. The molecule has 1 aliphatic carbocycles. The van der Waals surface area contributed by atoms with Crippen LogP contribution in [0.3, 0.4) is 0 Å². The summed E-state index contributed by atoms with van der Waals surface area (Å²) in [5.74, 6) is -0.418. The Morgan fingerprint density at radius 2 is 2.00 bits per heavy atom. The Balaban J connectivity index is 1.64. The molecule has 132 valence electrons. The number of aromatic amines is 1. The summed E-state index contributed by atoms with van der Waals surface area (Å²) in [6, 6.07) is 6.56. The highest BCUT2D eigenvalue weighted by atomic mass is 19.1. The van der Waals surface area contributed by atoms with Crippen LogP contribution in [-0.2, 0) is 15.8 Å². The van der Waals surface area contributed by atoms with Crippen LogP contribution in [0.5, 0.6) is 0 Å². The lowest BCUT2D eigenvalue weighted by Crippen LogP contribution is -2.46. The first-order chi connectivity index (χ1) is 12.1. The van der Waals surface area contributed by atoms with Crippen LogP contribution >= 0.6 is 0 Å². The first-order valence-corrected chi connectivity index (χ1v) is 8.68. The number of halogens is 1. The number of likely N-dealkylation sites (tertiary alicyclic amines) is 1. The van der Waals surface area contributed by atoms with E-state index >= 15 is 0 Å². The number of rotatable bonds is 3. The molecule has 2 fully saturated rings. The average Bonchev–Trinajstić information content (AvgIpc) is 3.36. The molecule has 25 heavy (non-hydrogen) atoms. The van der Waals surface area contributed by atoms with E-state index in [1.807, 2.05) is 0 Å². The predicted molar refractivity (Wildman–Crippen MR) is 88.0 cm³/mol. The molecule has 2 heterocycles. The van der Waals surface area contributed by atoms with E-state index < -0.39 is 11.0 Å². The molecular weight excluding hydrogens is 323 g/mol. The fourth-order valence-corrected chi connectivity index (χ4v) is 4.33. The molecule has 2 aliphatic rings. The molecule has 1 amide bonds. The molecule has 0 bridgehead atoms. The number of amides is 1. The van der Waals surface area contributed by atoms with E-state index in [9.17, 15) is 14.3 Å². The molecule has 1 aromatic heterocycles. The van der Waals surface area contributed by atoms with Gasteiger partial charge in [0.25, 0.3) is 0 Å². The van der Waals surface area contributed by atoms with Crippen molar-refractivity contribution in [1.82, 2.24) is 20.3 Å². The number of hydrogen-bond donors (Lipinski definition) is 2. The highest BCUT2D eigenvalue weighted by molar-refractivity contribution is 5.89. The van der Waals surface area contributed by atoms with Crippen molar-refractivity contribution in [1.29, 1.82) is 0 Å². The molecule has 1 saturated heterocycles.